The summed E-state index contributed by atoms with van der Waals surface area (Å²) in [5, 5.41) is 11.7. The summed E-state index contributed by atoms with van der Waals surface area (Å²) >= 11 is 0. The number of carboxylic acid groups (broad SMARTS) is 1. The zero-order chi connectivity index (χ0) is 47.7. The number of unbranched alkanes of at least 4 members (excludes halogenated alkanes) is 25. The Bertz CT molecular complexity index is 1250. The van der Waals surface area contributed by atoms with Crippen molar-refractivity contribution >= 4 is 17.9 Å². The van der Waals surface area contributed by atoms with Crippen molar-refractivity contribution in [3.05, 3.63) is 60.8 Å². The predicted molar refractivity (Wildman–Crippen MR) is 273 cm³/mol. The summed E-state index contributed by atoms with van der Waals surface area (Å²) < 4.78 is 17.3. The van der Waals surface area contributed by atoms with E-state index in [0.717, 1.165) is 77.0 Å². The van der Waals surface area contributed by atoms with Crippen LogP contribution in [0.15, 0.2) is 60.8 Å². The lowest BCUT2D eigenvalue weighted by Gasteiger charge is -2.34. The van der Waals surface area contributed by atoms with E-state index in [0.29, 0.717) is 12.8 Å². The highest BCUT2D eigenvalue weighted by atomic mass is 16.6. The summed E-state index contributed by atoms with van der Waals surface area (Å²) in [6, 6.07) is -0.730. The van der Waals surface area contributed by atoms with Crippen molar-refractivity contribution in [2.24, 2.45) is 0 Å². The Morgan fingerprint density at radius 2 is 0.908 bits per heavy atom. The number of hydrogen-bond donors (Lipinski definition) is 0. The van der Waals surface area contributed by atoms with Gasteiger partial charge in [0.2, 0.25) is 0 Å². The van der Waals surface area contributed by atoms with Gasteiger partial charge in [-0.25, -0.2) is 0 Å². The highest BCUT2D eigenvalue weighted by Gasteiger charge is 2.25. The zero-order valence-electron chi connectivity index (χ0n) is 42.9. The molecule has 0 aliphatic rings. The first-order valence-corrected chi connectivity index (χ1v) is 26.8. The predicted octanol–water partition coefficient (Wildman–Crippen LogP) is 14.4. The summed E-state index contributed by atoms with van der Waals surface area (Å²) in [5.41, 5.74) is 0. The van der Waals surface area contributed by atoms with Crippen molar-refractivity contribution in [2.75, 3.05) is 41.0 Å². The molecule has 8 heteroatoms. The minimum atomic E-state index is -1.13. The Morgan fingerprint density at radius 3 is 1.37 bits per heavy atom. The molecule has 0 radical (unpaired) electrons. The van der Waals surface area contributed by atoms with Crippen LogP contribution in [0.25, 0.3) is 0 Å². The average Bonchev–Trinajstić information content (AvgIpc) is 3.27. The fourth-order valence-corrected chi connectivity index (χ4v) is 7.78. The SMILES string of the molecule is CC/C=C/C/C=C/C/C=C/CCCCCCCCCCCCCCCC(=O)OC(COCCC(C(=O)[O-])[N+](C)(C)C)COC(=O)CCCCCCC/C=C/C=C/CCCCCCCCC. The molecule has 0 aromatic heterocycles. The Labute approximate surface area is 400 Å². The van der Waals surface area contributed by atoms with Crippen LogP contribution < -0.4 is 5.11 Å². The molecule has 0 aromatic carbocycles. The third-order valence-electron chi connectivity index (χ3n) is 11.9. The second kappa shape index (κ2) is 47.5. The molecular formula is C57H101NO7. The summed E-state index contributed by atoms with van der Waals surface area (Å²) in [6.07, 6.45) is 59.7. The van der Waals surface area contributed by atoms with Crippen molar-refractivity contribution in [3.8, 4) is 0 Å². The monoisotopic (exact) mass is 912 g/mol. The van der Waals surface area contributed by atoms with E-state index >= 15 is 0 Å². The summed E-state index contributed by atoms with van der Waals surface area (Å²) in [6.45, 7) is 4.55. The van der Waals surface area contributed by atoms with E-state index < -0.39 is 18.1 Å². The maximum absolute atomic E-state index is 12.8. The van der Waals surface area contributed by atoms with Gasteiger partial charge in [0, 0.05) is 19.3 Å². The standard InChI is InChI=1S/C57H101NO7/c1-6-8-10-12-14-16-18-20-22-24-26-27-28-29-30-32-34-36-38-40-42-44-46-48-56(60)65-53(51-63-50-49-54(57(61)62)58(3,4)5)52-64-55(59)47-45-43-41-39-37-35-33-31-25-23-21-19-17-15-13-11-9-7-2/h8,10,14,16,20,22-23,25,31,33,53-54H,6-7,9,11-13,15,17-19,21,24,26-30,32,34-52H2,1-5H3/b10-8+,16-14+,22-20+,25-23+,33-31+. The Kier molecular flexibility index (Phi) is 45.3. The van der Waals surface area contributed by atoms with Crippen LogP contribution in [-0.2, 0) is 28.6 Å². The van der Waals surface area contributed by atoms with Gasteiger partial charge >= 0.3 is 11.9 Å². The van der Waals surface area contributed by atoms with Gasteiger partial charge in [-0.3, -0.25) is 9.59 Å². The number of quaternary nitrogens is 1. The highest BCUT2D eigenvalue weighted by Crippen LogP contribution is 2.16. The molecule has 0 rings (SSSR count). The van der Waals surface area contributed by atoms with E-state index in [1.165, 1.54) is 122 Å². The average molecular weight is 912 g/mol. The molecule has 0 bridgehead atoms. The summed E-state index contributed by atoms with van der Waals surface area (Å²) in [7, 11) is 5.41. The number of carbonyl (C=O) groups is 3. The number of ether oxygens (including phenoxy) is 3. The van der Waals surface area contributed by atoms with Crippen molar-refractivity contribution < 1.29 is 38.2 Å². The number of allylic oxidation sites excluding steroid dienone is 10. The highest BCUT2D eigenvalue weighted by molar-refractivity contribution is 5.70. The lowest BCUT2D eigenvalue weighted by molar-refractivity contribution is -0.889. The lowest BCUT2D eigenvalue weighted by Crippen LogP contribution is -2.55. The van der Waals surface area contributed by atoms with Crippen molar-refractivity contribution in [1.82, 2.24) is 0 Å². The molecular weight excluding hydrogens is 811 g/mol. The van der Waals surface area contributed by atoms with Gasteiger partial charge in [-0.05, 0) is 70.6 Å². The fraction of sp³-hybridized carbons (Fsp3) is 0.772. The second-order valence-electron chi connectivity index (χ2n) is 19.1. The zero-order valence-corrected chi connectivity index (χ0v) is 42.9. The molecule has 0 saturated heterocycles. The molecule has 2 unspecified atom stereocenters. The number of esters is 2. The van der Waals surface area contributed by atoms with Crippen LogP contribution in [0.2, 0.25) is 0 Å². The van der Waals surface area contributed by atoms with Gasteiger partial charge in [-0.1, -0.05) is 203 Å². The number of nitrogens with zero attached hydrogens (tertiary/aromatic N) is 1. The minimum absolute atomic E-state index is 0.0348. The van der Waals surface area contributed by atoms with Crippen LogP contribution in [-0.4, -0.2) is 75.5 Å². The van der Waals surface area contributed by atoms with Crippen LogP contribution in [0, 0.1) is 0 Å². The van der Waals surface area contributed by atoms with Crippen LogP contribution in [0.1, 0.15) is 232 Å². The molecule has 0 fully saturated rings. The van der Waals surface area contributed by atoms with Crippen molar-refractivity contribution in [1.29, 1.82) is 0 Å². The van der Waals surface area contributed by atoms with E-state index in [1.807, 2.05) is 0 Å². The van der Waals surface area contributed by atoms with Gasteiger partial charge in [0.1, 0.15) is 12.6 Å². The van der Waals surface area contributed by atoms with Gasteiger partial charge in [-0.15, -0.1) is 0 Å². The Hall–Kier alpha value is -2.97. The molecule has 0 aromatic rings. The first-order valence-electron chi connectivity index (χ1n) is 26.8. The lowest BCUT2D eigenvalue weighted by atomic mass is 10.0. The van der Waals surface area contributed by atoms with Gasteiger partial charge < -0.3 is 28.6 Å². The molecule has 2 atom stereocenters. The van der Waals surface area contributed by atoms with Crippen molar-refractivity contribution in [2.45, 2.75) is 244 Å². The quantitative estimate of drug-likeness (QED) is 0.0197. The first kappa shape index (κ1) is 62.0. The number of aliphatic carboxylic acids is 1. The maximum Gasteiger partial charge on any atom is 0.306 e. The van der Waals surface area contributed by atoms with Gasteiger partial charge in [0.05, 0.1) is 40.3 Å². The first-order chi connectivity index (χ1) is 31.6. The van der Waals surface area contributed by atoms with Gasteiger partial charge in [0.25, 0.3) is 0 Å². The molecule has 0 amide bonds. The third kappa shape index (κ3) is 46.0. The topological polar surface area (TPSA) is 102 Å². The number of hydrogen-bond acceptors (Lipinski definition) is 7. The molecule has 0 saturated carbocycles. The smallest absolute Gasteiger partial charge is 0.306 e. The molecule has 0 heterocycles. The number of rotatable bonds is 48. The normalized spacial score (nSPS) is 13.3. The van der Waals surface area contributed by atoms with Crippen LogP contribution in [0.5, 0.6) is 0 Å². The van der Waals surface area contributed by atoms with E-state index in [9.17, 15) is 19.5 Å². The molecule has 0 aliphatic carbocycles. The van der Waals surface area contributed by atoms with E-state index in [1.54, 1.807) is 21.1 Å². The molecule has 8 nitrogen and oxygen atoms in total. The maximum atomic E-state index is 12.8. The Morgan fingerprint density at radius 1 is 0.492 bits per heavy atom. The van der Waals surface area contributed by atoms with Gasteiger partial charge in [0.15, 0.2) is 6.10 Å². The molecule has 65 heavy (non-hydrogen) atoms. The summed E-state index contributed by atoms with van der Waals surface area (Å²) in [4.78, 5) is 37.1. The van der Waals surface area contributed by atoms with Crippen LogP contribution in [0.3, 0.4) is 0 Å². The minimum Gasteiger partial charge on any atom is -0.544 e. The second-order valence-corrected chi connectivity index (χ2v) is 19.1. The molecule has 0 aliphatic heterocycles. The molecule has 0 N–H and O–H groups in total. The largest absolute Gasteiger partial charge is 0.544 e. The molecule has 0 spiro atoms. The van der Waals surface area contributed by atoms with E-state index in [-0.39, 0.29) is 42.7 Å². The van der Waals surface area contributed by atoms with Crippen LogP contribution in [0.4, 0.5) is 0 Å². The number of likely N-dealkylation sites (N-methyl/N-ethyl adjacent to an activating group) is 1. The van der Waals surface area contributed by atoms with Gasteiger partial charge in [-0.2, -0.15) is 0 Å². The van der Waals surface area contributed by atoms with Crippen LogP contribution >= 0.6 is 0 Å². The van der Waals surface area contributed by atoms with E-state index in [2.05, 4.69) is 74.6 Å². The fourth-order valence-electron chi connectivity index (χ4n) is 7.78. The molecule has 376 valence electrons. The number of carboxylic acids is 1. The number of carbonyl (C=O) groups excluding carboxylic acids is 3. The summed E-state index contributed by atoms with van der Waals surface area (Å²) in [5.74, 6) is -1.75. The third-order valence-corrected chi connectivity index (χ3v) is 11.9. The Balaban J connectivity index is 4.23. The van der Waals surface area contributed by atoms with Crippen molar-refractivity contribution in [3.63, 3.8) is 0 Å². The van der Waals surface area contributed by atoms with E-state index in [4.69, 9.17) is 14.2 Å².